The molecule has 2 aromatic rings. The molecule has 3 N–H and O–H groups in total. The maximum atomic E-state index is 13.1. The highest BCUT2D eigenvalue weighted by Gasteiger charge is 2.11. The van der Waals surface area contributed by atoms with Crippen LogP contribution in [0.4, 0.5) is 20.3 Å². The van der Waals surface area contributed by atoms with Crippen molar-refractivity contribution in [1.29, 1.82) is 0 Å². The third kappa shape index (κ3) is 2.67. The molecule has 0 radical (unpaired) electrons. The van der Waals surface area contributed by atoms with Crippen LogP contribution in [0.15, 0.2) is 18.2 Å². The summed E-state index contributed by atoms with van der Waals surface area (Å²) in [6, 6.07) is 3.80. The van der Waals surface area contributed by atoms with Crippen LogP contribution < -0.4 is 11.1 Å². The molecule has 0 saturated carbocycles. The van der Waals surface area contributed by atoms with Gasteiger partial charge in [-0.15, -0.1) is 0 Å². The minimum Gasteiger partial charge on any atom is -0.394 e. The summed E-state index contributed by atoms with van der Waals surface area (Å²) in [5, 5.41) is 7.35. The summed E-state index contributed by atoms with van der Waals surface area (Å²) < 4.78 is 27.5. The fourth-order valence-corrected chi connectivity index (χ4v) is 1.90. The van der Waals surface area contributed by atoms with E-state index < -0.39 is 11.6 Å². The zero-order valence-electron chi connectivity index (χ0n) is 10.9. The van der Waals surface area contributed by atoms with Gasteiger partial charge in [-0.2, -0.15) is 5.10 Å². The van der Waals surface area contributed by atoms with Gasteiger partial charge in [-0.05, 0) is 24.1 Å². The van der Waals surface area contributed by atoms with Gasteiger partial charge in [0.25, 0.3) is 0 Å². The highest BCUT2D eigenvalue weighted by atomic mass is 19.2. The fraction of sp³-hybridized carbons (Fsp3) is 0.308. The van der Waals surface area contributed by atoms with Gasteiger partial charge in [-0.3, -0.25) is 4.68 Å². The van der Waals surface area contributed by atoms with E-state index in [0.29, 0.717) is 23.6 Å². The van der Waals surface area contributed by atoms with Crippen molar-refractivity contribution in [3.63, 3.8) is 0 Å². The molecule has 0 amide bonds. The van der Waals surface area contributed by atoms with E-state index in [4.69, 9.17) is 5.73 Å². The molecule has 1 heterocycles. The lowest BCUT2D eigenvalue weighted by atomic mass is 10.2. The molecule has 2 rings (SSSR count). The van der Waals surface area contributed by atoms with Crippen LogP contribution in [0.1, 0.15) is 18.2 Å². The van der Waals surface area contributed by atoms with Gasteiger partial charge in [0, 0.05) is 13.6 Å². The predicted molar refractivity (Wildman–Crippen MR) is 70.7 cm³/mol. The average molecular weight is 266 g/mol. The zero-order chi connectivity index (χ0) is 14.0. The summed E-state index contributed by atoms with van der Waals surface area (Å²) in [6.07, 6.45) is 0.743. The molecule has 0 aliphatic rings. The summed E-state index contributed by atoms with van der Waals surface area (Å²) in [4.78, 5) is 0. The molecule has 0 aliphatic heterocycles. The molecule has 0 atom stereocenters. The normalized spacial score (nSPS) is 10.7. The number of rotatable bonds is 4. The number of aromatic nitrogens is 2. The summed E-state index contributed by atoms with van der Waals surface area (Å²) in [7, 11) is 1.78. The average Bonchev–Trinajstić information content (AvgIpc) is 2.66. The molecule has 0 saturated heterocycles. The molecule has 19 heavy (non-hydrogen) atoms. The molecule has 0 spiro atoms. The Balaban J connectivity index is 2.14. The number of nitrogens with zero attached hydrogens (tertiary/aromatic N) is 2. The van der Waals surface area contributed by atoms with Crippen molar-refractivity contribution >= 4 is 11.5 Å². The van der Waals surface area contributed by atoms with Crippen LogP contribution in [0.25, 0.3) is 0 Å². The third-order valence-corrected chi connectivity index (χ3v) is 2.94. The van der Waals surface area contributed by atoms with E-state index >= 15 is 0 Å². The molecule has 6 heteroatoms. The van der Waals surface area contributed by atoms with E-state index in [-0.39, 0.29) is 0 Å². The number of hydrogen-bond donors (Lipinski definition) is 2. The summed E-state index contributed by atoms with van der Waals surface area (Å²) >= 11 is 0. The molecule has 102 valence electrons. The number of benzene rings is 1. The van der Waals surface area contributed by atoms with Crippen molar-refractivity contribution in [3.05, 3.63) is 41.1 Å². The second kappa shape index (κ2) is 5.26. The van der Waals surface area contributed by atoms with Crippen LogP contribution in [-0.2, 0) is 20.0 Å². The van der Waals surface area contributed by atoms with Gasteiger partial charge in [0.2, 0.25) is 0 Å². The Kier molecular flexibility index (Phi) is 3.69. The molecule has 1 aromatic carbocycles. The summed E-state index contributed by atoms with van der Waals surface area (Å²) in [5.74, 6) is -1.02. The van der Waals surface area contributed by atoms with Crippen LogP contribution in [0.5, 0.6) is 0 Å². The first-order chi connectivity index (χ1) is 9.02. The van der Waals surface area contributed by atoms with Crippen molar-refractivity contribution in [1.82, 2.24) is 9.78 Å². The van der Waals surface area contributed by atoms with Crippen molar-refractivity contribution in [2.75, 3.05) is 11.1 Å². The maximum absolute atomic E-state index is 13.1. The highest BCUT2D eigenvalue weighted by molar-refractivity contribution is 5.65. The molecular formula is C13H16F2N4. The second-order valence-electron chi connectivity index (χ2n) is 4.29. The highest BCUT2D eigenvalue weighted by Crippen LogP contribution is 2.23. The van der Waals surface area contributed by atoms with Gasteiger partial charge < -0.3 is 11.1 Å². The molecule has 4 nitrogen and oxygen atoms in total. The first-order valence-electron chi connectivity index (χ1n) is 6.02. The lowest BCUT2D eigenvalue weighted by Crippen LogP contribution is -2.06. The Labute approximate surface area is 110 Å². The van der Waals surface area contributed by atoms with Crippen LogP contribution in [0, 0.1) is 11.6 Å². The van der Waals surface area contributed by atoms with Gasteiger partial charge in [0.15, 0.2) is 11.6 Å². The van der Waals surface area contributed by atoms with Crippen LogP contribution >= 0.6 is 0 Å². The Bertz CT molecular complexity index is 593. The minimum absolute atomic E-state index is 0.351. The smallest absolute Gasteiger partial charge is 0.159 e. The zero-order valence-corrected chi connectivity index (χ0v) is 10.9. The molecule has 0 unspecified atom stereocenters. The quantitative estimate of drug-likeness (QED) is 0.893. The Morgan fingerprint density at radius 1 is 1.32 bits per heavy atom. The van der Waals surface area contributed by atoms with Crippen molar-refractivity contribution in [2.24, 2.45) is 7.05 Å². The first kappa shape index (κ1) is 13.3. The lowest BCUT2D eigenvalue weighted by molar-refractivity contribution is 0.507. The number of hydrogen-bond acceptors (Lipinski definition) is 3. The standard InChI is InChI=1S/C13H16F2N4/c1-3-11-12(16)13(19(2)18-11)17-7-8-4-5-9(14)10(15)6-8/h4-6,17H,3,7,16H2,1-2H3. The number of nitrogen functional groups attached to an aromatic ring is 1. The minimum atomic E-state index is -0.855. The first-order valence-corrected chi connectivity index (χ1v) is 6.02. The molecule has 0 fully saturated rings. The monoisotopic (exact) mass is 266 g/mol. The van der Waals surface area contributed by atoms with Crippen LogP contribution in [0.2, 0.25) is 0 Å². The van der Waals surface area contributed by atoms with E-state index in [1.807, 2.05) is 6.92 Å². The van der Waals surface area contributed by atoms with Crippen molar-refractivity contribution in [2.45, 2.75) is 19.9 Å². The number of anilines is 2. The molecular weight excluding hydrogens is 250 g/mol. The van der Waals surface area contributed by atoms with Crippen molar-refractivity contribution < 1.29 is 8.78 Å². The topological polar surface area (TPSA) is 55.9 Å². The fourth-order valence-electron chi connectivity index (χ4n) is 1.90. The van der Waals surface area contributed by atoms with Gasteiger partial charge in [-0.1, -0.05) is 13.0 Å². The van der Waals surface area contributed by atoms with Gasteiger partial charge in [0.1, 0.15) is 5.82 Å². The second-order valence-corrected chi connectivity index (χ2v) is 4.29. The van der Waals surface area contributed by atoms with Gasteiger partial charge >= 0.3 is 0 Å². The van der Waals surface area contributed by atoms with E-state index in [1.165, 1.54) is 6.07 Å². The Morgan fingerprint density at radius 3 is 2.63 bits per heavy atom. The van der Waals surface area contributed by atoms with E-state index in [9.17, 15) is 8.78 Å². The van der Waals surface area contributed by atoms with E-state index in [0.717, 1.165) is 24.2 Å². The molecule has 0 bridgehead atoms. The Hall–Kier alpha value is -2.11. The van der Waals surface area contributed by atoms with E-state index in [1.54, 1.807) is 11.7 Å². The van der Waals surface area contributed by atoms with Crippen molar-refractivity contribution in [3.8, 4) is 0 Å². The van der Waals surface area contributed by atoms with Crippen LogP contribution in [0.3, 0.4) is 0 Å². The summed E-state index contributed by atoms with van der Waals surface area (Å²) in [6.45, 7) is 2.32. The van der Waals surface area contributed by atoms with Gasteiger partial charge in [-0.25, -0.2) is 8.78 Å². The Morgan fingerprint density at radius 2 is 2.05 bits per heavy atom. The number of halogens is 2. The van der Waals surface area contributed by atoms with Crippen LogP contribution in [-0.4, -0.2) is 9.78 Å². The lowest BCUT2D eigenvalue weighted by Gasteiger charge is -2.08. The number of nitrogens with two attached hydrogens (primary N) is 1. The molecule has 1 aromatic heterocycles. The predicted octanol–water partition coefficient (Wildman–Crippen LogP) is 2.46. The third-order valence-electron chi connectivity index (χ3n) is 2.94. The maximum Gasteiger partial charge on any atom is 0.159 e. The summed E-state index contributed by atoms with van der Waals surface area (Å²) in [5.41, 5.74) is 7.99. The SMILES string of the molecule is CCc1nn(C)c(NCc2ccc(F)c(F)c2)c1N. The largest absolute Gasteiger partial charge is 0.394 e. The van der Waals surface area contributed by atoms with E-state index in [2.05, 4.69) is 10.4 Å². The number of aryl methyl sites for hydroxylation is 2. The molecule has 0 aliphatic carbocycles. The van der Waals surface area contributed by atoms with Gasteiger partial charge in [0.05, 0.1) is 11.4 Å². The number of nitrogens with one attached hydrogen (secondary N) is 1.